The average molecular weight is 233 g/mol. The minimum Gasteiger partial charge on any atom is -0.309 e. The molecule has 0 aliphatic rings. The summed E-state index contributed by atoms with van der Waals surface area (Å²) in [5, 5.41) is 7.45. The number of hydrogen-bond donors (Lipinski definition) is 1. The zero-order valence-electron chi connectivity index (χ0n) is 9.47. The molecule has 0 unspecified atom stereocenters. The lowest BCUT2D eigenvalue weighted by Crippen LogP contribution is -2.22. The van der Waals surface area contributed by atoms with E-state index in [9.17, 15) is 0 Å². The summed E-state index contributed by atoms with van der Waals surface area (Å²) in [5.74, 6) is 0.810. The molecule has 1 N–H and O–H groups in total. The van der Waals surface area contributed by atoms with Crippen molar-refractivity contribution in [3.63, 3.8) is 0 Å². The first-order valence-corrected chi connectivity index (χ1v) is 6.28. The van der Waals surface area contributed by atoms with Crippen molar-refractivity contribution in [3.8, 4) is 11.4 Å². The van der Waals surface area contributed by atoms with Gasteiger partial charge in [0.25, 0.3) is 0 Å². The Balaban J connectivity index is 2.14. The van der Waals surface area contributed by atoms with Crippen LogP contribution in [0.5, 0.6) is 0 Å². The van der Waals surface area contributed by atoms with Crippen LogP contribution < -0.4 is 5.32 Å². The fourth-order valence-electron chi connectivity index (χ4n) is 1.33. The third-order valence-electron chi connectivity index (χ3n) is 2.18. The van der Waals surface area contributed by atoms with Crippen LogP contribution in [0.15, 0.2) is 29.1 Å². The molecule has 0 saturated carbocycles. The Labute approximate surface area is 99.6 Å². The lowest BCUT2D eigenvalue weighted by atomic mass is 10.3. The summed E-state index contributed by atoms with van der Waals surface area (Å²) in [4.78, 5) is 8.80. The van der Waals surface area contributed by atoms with Crippen molar-refractivity contribution in [1.29, 1.82) is 0 Å². The molecule has 0 atom stereocenters. The van der Waals surface area contributed by atoms with Gasteiger partial charge < -0.3 is 5.32 Å². The highest BCUT2D eigenvalue weighted by Gasteiger charge is 2.03. The van der Waals surface area contributed by atoms with Crippen molar-refractivity contribution in [2.24, 2.45) is 0 Å². The van der Waals surface area contributed by atoms with Gasteiger partial charge >= 0.3 is 0 Å². The summed E-state index contributed by atoms with van der Waals surface area (Å²) in [6, 6.07) is 4.46. The van der Waals surface area contributed by atoms with Crippen LogP contribution in [0, 0.1) is 0 Å². The van der Waals surface area contributed by atoms with Crippen LogP contribution >= 0.6 is 11.3 Å². The van der Waals surface area contributed by atoms with Gasteiger partial charge in [-0.1, -0.05) is 13.8 Å². The summed E-state index contributed by atoms with van der Waals surface area (Å²) in [7, 11) is 0. The Hall–Kier alpha value is -1.26. The third kappa shape index (κ3) is 2.87. The normalized spacial score (nSPS) is 10.9. The molecule has 0 fully saturated rings. The second-order valence-corrected chi connectivity index (χ2v) is 4.70. The van der Waals surface area contributed by atoms with Crippen LogP contribution in [0.25, 0.3) is 11.4 Å². The highest BCUT2D eigenvalue weighted by atomic mass is 32.1. The lowest BCUT2D eigenvalue weighted by molar-refractivity contribution is 0.581. The predicted molar refractivity (Wildman–Crippen MR) is 67.3 cm³/mol. The second kappa shape index (κ2) is 5.18. The third-order valence-corrected chi connectivity index (χ3v) is 2.87. The molecule has 2 rings (SSSR count). The quantitative estimate of drug-likeness (QED) is 0.882. The molecule has 0 bridgehead atoms. The van der Waals surface area contributed by atoms with Gasteiger partial charge in [-0.2, -0.15) is 11.3 Å². The van der Waals surface area contributed by atoms with Crippen LogP contribution in [0.4, 0.5) is 0 Å². The van der Waals surface area contributed by atoms with Crippen molar-refractivity contribution in [2.75, 3.05) is 0 Å². The fourth-order valence-corrected chi connectivity index (χ4v) is 1.97. The molecule has 0 spiro atoms. The maximum Gasteiger partial charge on any atom is 0.160 e. The number of thiophene rings is 1. The van der Waals surface area contributed by atoms with Crippen LogP contribution in [0.1, 0.15) is 19.5 Å². The van der Waals surface area contributed by atoms with E-state index in [1.807, 2.05) is 23.7 Å². The zero-order chi connectivity index (χ0) is 11.4. The first-order valence-electron chi connectivity index (χ1n) is 5.33. The van der Waals surface area contributed by atoms with E-state index in [1.54, 1.807) is 11.3 Å². The van der Waals surface area contributed by atoms with Crippen LogP contribution in [-0.4, -0.2) is 16.0 Å². The minimum absolute atomic E-state index is 0.472. The Morgan fingerprint density at radius 2 is 2.25 bits per heavy atom. The van der Waals surface area contributed by atoms with E-state index in [0.717, 1.165) is 23.6 Å². The van der Waals surface area contributed by atoms with Gasteiger partial charge in [0.2, 0.25) is 0 Å². The van der Waals surface area contributed by atoms with Gasteiger partial charge in [0.05, 0.1) is 5.69 Å². The van der Waals surface area contributed by atoms with E-state index in [-0.39, 0.29) is 0 Å². The van der Waals surface area contributed by atoms with Gasteiger partial charge in [-0.05, 0) is 17.5 Å². The van der Waals surface area contributed by atoms with E-state index in [2.05, 4.69) is 34.5 Å². The lowest BCUT2D eigenvalue weighted by Gasteiger charge is -2.07. The number of hydrogen-bond acceptors (Lipinski definition) is 4. The maximum absolute atomic E-state index is 4.52. The Morgan fingerprint density at radius 1 is 1.38 bits per heavy atom. The summed E-state index contributed by atoms with van der Waals surface area (Å²) in [6.45, 7) is 5.04. The molecule has 3 nitrogen and oxygen atoms in total. The largest absolute Gasteiger partial charge is 0.309 e. The second-order valence-electron chi connectivity index (χ2n) is 3.92. The summed E-state index contributed by atoms with van der Waals surface area (Å²) < 4.78 is 0. The van der Waals surface area contributed by atoms with Gasteiger partial charge in [-0.15, -0.1) is 0 Å². The Morgan fingerprint density at radius 3 is 2.94 bits per heavy atom. The molecule has 4 heteroatoms. The highest BCUT2D eigenvalue weighted by molar-refractivity contribution is 7.08. The van der Waals surface area contributed by atoms with Crippen molar-refractivity contribution in [3.05, 3.63) is 34.8 Å². The molecule has 2 aromatic heterocycles. The predicted octanol–water partition coefficient (Wildman–Crippen LogP) is 2.70. The van der Waals surface area contributed by atoms with E-state index in [1.165, 1.54) is 0 Å². The molecule has 0 radical (unpaired) electrons. The molecule has 0 amide bonds. The van der Waals surface area contributed by atoms with E-state index in [4.69, 9.17) is 0 Å². The van der Waals surface area contributed by atoms with Crippen LogP contribution in [0.3, 0.4) is 0 Å². The Bertz CT molecular complexity index is 437. The molecular weight excluding hydrogens is 218 g/mol. The average Bonchev–Trinajstić information content (AvgIpc) is 2.80. The number of nitrogens with one attached hydrogen (secondary N) is 1. The van der Waals surface area contributed by atoms with Gasteiger partial charge in [-0.25, -0.2) is 9.97 Å². The standard InChI is InChI=1S/C12H15N3S/c1-9(2)14-7-11-3-5-13-12(15-11)10-4-6-16-8-10/h3-6,8-9,14H,7H2,1-2H3. The molecule has 16 heavy (non-hydrogen) atoms. The number of nitrogens with zero attached hydrogens (tertiary/aromatic N) is 2. The molecule has 2 heterocycles. The first kappa shape index (κ1) is 11.2. The minimum atomic E-state index is 0.472. The van der Waals surface area contributed by atoms with Gasteiger partial charge in [0, 0.05) is 29.7 Å². The SMILES string of the molecule is CC(C)NCc1ccnc(-c2ccsc2)n1. The van der Waals surface area contributed by atoms with Crippen LogP contribution in [0.2, 0.25) is 0 Å². The summed E-state index contributed by atoms with van der Waals surface area (Å²) >= 11 is 1.66. The molecular formula is C12H15N3S. The molecule has 2 aromatic rings. The topological polar surface area (TPSA) is 37.8 Å². The van der Waals surface area contributed by atoms with Gasteiger partial charge in [0.15, 0.2) is 5.82 Å². The Kier molecular flexibility index (Phi) is 3.64. The molecule has 0 aliphatic carbocycles. The zero-order valence-corrected chi connectivity index (χ0v) is 10.3. The van der Waals surface area contributed by atoms with E-state index in [0.29, 0.717) is 6.04 Å². The molecule has 0 aliphatic heterocycles. The summed E-state index contributed by atoms with van der Waals surface area (Å²) in [6.07, 6.45) is 1.82. The maximum atomic E-state index is 4.52. The van der Waals surface area contributed by atoms with Gasteiger partial charge in [0.1, 0.15) is 0 Å². The van der Waals surface area contributed by atoms with Crippen LogP contribution in [-0.2, 0) is 6.54 Å². The van der Waals surface area contributed by atoms with Crippen molar-refractivity contribution in [1.82, 2.24) is 15.3 Å². The summed E-state index contributed by atoms with van der Waals surface area (Å²) in [5.41, 5.74) is 2.13. The van der Waals surface area contributed by atoms with E-state index >= 15 is 0 Å². The first-order chi connectivity index (χ1) is 7.75. The van der Waals surface area contributed by atoms with E-state index < -0.39 is 0 Å². The smallest absolute Gasteiger partial charge is 0.160 e. The molecule has 0 saturated heterocycles. The number of rotatable bonds is 4. The number of aromatic nitrogens is 2. The highest BCUT2D eigenvalue weighted by Crippen LogP contribution is 2.17. The van der Waals surface area contributed by atoms with Crippen molar-refractivity contribution >= 4 is 11.3 Å². The van der Waals surface area contributed by atoms with Crippen molar-refractivity contribution < 1.29 is 0 Å². The molecule has 84 valence electrons. The monoisotopic (exact) mass is 233 g/mol. The van der Waals surface area contributed by atoms with Gasteiger partial charge in [-0.3, -0.25) is 0 Å². The molecule has 0 aromatic carbocycles. The fraction of sp³-hybridized carbons (Fsp3) is 0.333. The van der Waals surface area contributed by atoms with Crippen molar-refractivity contribution in [2.45, 2.75) is 26.4 Å².